The Hall–Kier alpha value is -0.680. The van der Waals surface area contributed by atoms with E-state index in [1.807, 2.05) is 36.4 Å². The van der Waals surface area contributed by atoms with Crippen molar-refractivity contribution >= 4 is 29.8 Å². The summed E-state index contributed by atoms with van der Waals surface area (Å²) in [5, 5.41) is 0. The molecule has 0 amide bonds. The van der Waals surface area contributed by atoms with Gasteiger partial charge < -0.3 is 9.11 Å². The number of halogens is 1. The van der Waals surface area contributed by atoms with Crippen molar-refractivity contribution in [3.05, 3.63) is 42.5 Å². The first-order chi connectivity index (χ1) is 5.66. The highest BCUT2D eigenvalue weighted by molar-refractivity contribution is 7.73. The van der Waals surface area contributed by atoms with Gasteiger partial charge in [0.2, 0.25) is 0 Å². The molecule has 0 radical (unpaired) electrons. The van der Waals surface area contributed by atoms with E-state index in [4.69, 9.17) is 13.3 Å². The van der Waals surface area contributed by atoms with Crippen molar-refractivity contribution in [1.82, 2.24) is 0 Å². The number of hydrogen-bond donors (Lipinski definition) is 1. The van der Waals surface area contributed by atoms with Crippen LogP contribution < -0.4 is 0 Å². The second-order valence-electron chi connectivity index (χ2n) is 1.83. The molecule has 1 aromatic carbocycles. The van der Waals surface area contributed by atoms with Crippen LogP contribution in [0.15, 0.2) is 36.9 Å². The highest BCUT2D eigenvalue weighted by Gasteiger charge is 1.75. The van der Waals surface area contributed by atoms with E-state index in [1.165, 1.54) is 5.56 Å². The van der Waals surface area contributed by atoms with Crippen molar-refractivity contribution < 1.29 is 13.3 Å². The van der Waals surface area contributed by atoms with Gasteiger partial charge in [0.05, 0.1) is 11.4 Å². The van der Waals surface area contributed by atoms with Crippen LogP contribution in [0.3, 0.4) is 0 Å². The van der Waals surface area contributed by atoms with E-state index in [2.05, 4.69) is 6.58 Å². The molecule has 3 nitrogen and oxygen atoms in total. The molecule has 0 aliphatic heterocycles. The van der Waals surface area contributed by atoms with Crippen molar-refractivity contribution in [1.29, 1.82) is 0 Å². The Morgan fingerprint density at radius 2 is 1.77 bits per heavy atom. The predicted molar refractivity (Wildman–Crippen MR) is 55.3 cm³/mol. The summed E-state index contributed by atoms with van der Waals surface area (Å²) in [7, 11) is 0. The maximum atomic E-state index is 8.56. The van der Waals surface area contributed by atoms with Gasteiger partial charge in [-0.3, -0.25) is 0 Å². The van der Waals surface area contributed by atoms with Gasteiger partial charge in [-0.15, -0.1) is 12.4 Å². The van der Waals surface area contributed by atoms with Gasteiger partial charge in [0.15, 0.2) is 0 Å². The van der Waals surface area contributed by atoms with E-state index in [0.29, 0.717) is 0 Å². The van der Waals surface area contributed by atoms with Crippen LogP contribution >= 0.6 is 12.4 Å². The topological polar surface area (TPSA) is 60.4 Å². The Labute approximate surface area is 86.0 Å². The predicted octanol–water partition coefficient (Wildman–Crippen LogP) is 2.09. The van der Waals surface area contributed by atoms with Gasteiger partial charge in [0.1, 0.15) is 0 Å². The third-order valence-corrected chi connectivity index (χ3v) is 1.04. The number of rotatable bonds is 1. The third kappa shape index (κ3) is 11.3. The molecule has 0 fully saturated rings. The zero-order valence-corrected chi connectivity index (χ0v) is 8.38. The Bertz CT molecular complexity index is 247. The molecule has 0 saturated carbocycles. The van der Waals surface area contributed by atoms with Gasteiger partial charge in [0, 0.05) is 0 Å². The van der Waals surface area contributed by atoms with Crippen LogP contribution in [0.5, 0.6) is 0 Å². The third-order valence-electron chi connectivity index (χ3n) is 1.04. The van der Waals surface area contributed by atoms with Crippen LogP contribution in [0.2, 0.25) is 0 Å². The van der Waals surface area contributed by atoms with E-state index in [0.717, 1.165) is 0 Å². The first-order valence-corrected chi connectivity index (χ1v) is 4.16. The van der Waals surface area contributed by atoms with Crippen LogP contribution in [-0.2, 0) is 11.4 Å². The molecular weight excluding hydrogens is 212 g/mol. The van der Waals surface area contributed by atoms with Crippen molar-refractivity contribution in [3.63, 3.8) is 0 Å². The quantitative estimate of drug-likeness (QED) is 0.739. The van der Waals surface area contributed by atoms with E-state index < -0.39 is 11.4 Å². The molecule has 74 valence electrons. The summed E-state index contributed by atoms with van der Waals surface area (Å²) in [6, 6.07) is 10.0. The average molecular weight is 222 g/mol. The molecule has 5 heteroatoms. The molecule has 0 aromatic heterocycles. The fourth-order valence-corrected chi connectivity index (χ4v) is 0.589. The standard InChI is InChI=1S/C8H8.ClH.H2O3S/c1-2-8-6-4-3-5-7-8;;1-4(2)3/h2-7H,1H2;1H;(H2,1,2,3)/p-1. The Morgan fingerprint density at radius 3 is 2.00 bits per heavy atom. The molecule has 0 heterocycles. The second-order valence-corrected chi connectivity index (χ2v) is 2.27. The van der Waals surface area contributed by atoms with Crippen molar-refractivity contribution in [2.45, 2.75) is 0 Å². The maximum absolute atomic E-state index is 8.56. The molecule has 1 aromatic rings. The summed E-state index contributed by atoms with van der Waals surface area (Å²) >= 11 is -2.86. The number of benzene rings is 1. The highest BCUT2D eigenvalue weighted by atomic mass is 35.5. The van der Waals surface area contributed by atoms with Crippen molar-refractivity contribution in [3.8, 4) is 0 Å². The van der Waals surface area contributed by atoms with Crippen molar-refractivity contribution in [2.24, 2.45) is 0 Å². The molecule has 1 unspecified atom stereocenters. The van der Waals surface area contributed by atoms with E-state index in [9.17, 15) is 0 Å². The van der Waals surface area contributed by atoms with E-state index in [-0.39, 0.29) is 12.4 Å². The zero-order chi connectivity index (χ0) is 9.40. The van der Waals surface area contributed by atoms with Crippen LogP contribution in [0, 0.1) is 0 Å². The molecule has 0 saturated heterocycles. The van der Waals surface area contributed by atoms with Crippen molar-refractivity contribution in [2.75, 3.05) is 0 Å². The molecule has 1 atom stereocenters. The lowest BCUT2D eigenvalue weighted by atomic mass is 10.2. The summed E-state index contributed by atoms with van der Waals surface area (Å²) in [6.07, 6.45) is 1.83. The lowest BCUT2D eigenvalue weighted by Crippen LogP contribution is -1.75. The summed E-state index contributed by atoms with van der Waals surface area (Å²) < 4.78 is 24.1. The van der Waals surface area contributed by atoms with E-state index in [1.54, 1.807) is 0 Å². The minimum atomic E-state index is -2.86. The zero-order valence-electron chi connectivity index (χ0n) is 6.75. The van der Waals surface area contributed by atoms with Gasteiger partial charge in [-0.2, -0.15) is 0 Å². The van der Waals surface area contributed by atoms with E-state index >= 15 is 0 Å². The van der Waals surface area contributed by atoms with Crippen LogP contribution in [0.25, 0.3) is 6.08 Å². The second kappa shape index (κ2) is 9.41. The van der Waals surface area contributed by atoms with Gasteiger partial charge >= 0.3 is 0 Å². The number of hydrogen-bond acceptors (Lipinski definition) is 2. The van der Waals surface area contributed by atoms with Crippen LogP contribution in [0.1, 0.15) is 5.56 Å². The first kappa shape index (κ1) is 14.8. The molecule has 1 rings (SSSR count). The monoisotopic (exact) mass is 221 g/mol. The van der Waals surface area contributed by atoms with Crippen LogP contribution in [-0.4, -0.2) is 13.3 Å². The Balaban J connectivity index is 0. The van der Waals surface area contributed by atoms with Crippen LogP contribution in [0.4, 0.5) is 0 Å². The minimum Gasteiger partial charge on any atom is -0.750 e. The normalized spacial score (nSPS) is 10.0. The van der Waals surface area contributed by atoms with Gasteiger partial charge in [-0.05, 0) is 5.56 Å². The lowest BCUT2D eigenvalue weighted by Gasteiger charge is -1.85. The maximum Gasteiger partial charge on any atom is 0.0814 e. The summed E-state index contributed by atoms with van der Waals surface area (Å²) in [5.41, 5.74) is 1.17. The molecule has 0 aliphatic carbocycles. The molecule has 0 aliphatic rings. The smallest absolute Gasteiger partial charge is 0.0814 e. The first-order valence-electron chi connectivity index (χ1n) is 3.12. The largest absolute Gasteiger partial charge is 0.750 e. The lowest BCUT2D eigenvalue weighted by molar-refractivity contribution is 0.436. The molecule has 0 bridgehead atoms. The van der Waals surface area contributed by atoms with Gasteiger partial charge in [0.25, 0.3) is 0 Å². The van der Waals surface area contributed by atoms with Gasteiger partial charge in [-0.1, -0.05) is 43.0 Å². The summed E-state index contributed by atoms with van der Waals surface area (Å²) in [4.78, 5) is 0. The average Bonchev–Trinajstić information content (AvgIpc) is 2.05. The minimum absolute atomic E-state index is 0. The molecule has 1 N–H and O–H groups in total. The highest BCUT2D eigenvalue weighted by Crippen LogP contribution is 1.97. The molecule has 0 spiro atoms. The fraction of sp³-hybridized carbons (Fsp3) is 0. The fourth-order valence-electron chi connectivity index (χ4n) is 0.589. The summed E-state index contributed by atoms with van der Waals surface area (Å²) in [6.45, 7) is 3.63. The SMILES string of the molecule is C=Cc1ccccc1.Cl.O=S([O-])O. The Morgan fingerprint density at radius 1 is 1.38 bits per heavy atom. The molecular formula is C8H10ClO3S-. The Kier molecular flexibility index (Phi) is 10.7. The summed E-state index contributed by atoms with van der Waals surface area (Å²) in [5.74, 6) is 0. The van der Waals surface area contributed by atoms with Gasteiger partial charge in [-0.25, -0.2) is 4.21 Å². The molecule has 13 heavy (non-hydrogen) atoms.